The second kappa shape index (κ2) is 152. The zero-order valence-electron chi connectivity index (χ0n) is 2.83. The Hall–Kier alpha value is -0.00701. The predicted molar refractivity (Wildman–Crippen MR) is 6.38 cm³/mol. The minimum absolute atomic E-state index is 0.250. The van der Waals surface area contributed by atoms with Crippen molar-refractivity contribution >= 4 is 6.15 Å². The molecule has 0 bridgehead atoms. The van der Waals surface area contributed by atoms with Gasteiger partial charge in [0.2, 0.25) is 0 Å². The van der Waals surface area contributed by atoms with Crippen molar-refractivity contribution in [1.29, 1.82) is 0 Å². The fourth-order valence-electron chi connectivity index (χ4n) is 0. The van der Waals surface area contributed by atoms with Crippen molar-refractivity contribution in [3.63, 3.8) is 0 Å². The van der Waals surface area contributed by atoms with Gasteiger partial charge in [-0.3, -0.25) is 0 Å². The molecule has 0 unspecified atom stereocenters. The summed E-state index contributed by atoms with van der Waals surface area (Å²) in [5.74, 6) is 0. The minimum atomic E-state index is 0.250. The SMILES string of the molecule is O=C=O.[O]=[Mn].[O]=[Ni]. The molecule has 0 atom stereocenters. The zero-order chi connectivity index (χ0) is 6.71. The monoisotopic (exact) mass is 189 g/mol. The van der Waals surface area contributed by atoms with Gasteiger partial charge in [0.15, 0.2) is 0 Å². The van der Waals surface area contributed by atoms with E-state index in [1.165, 1.54) is 0 Å². The Balaban J connectivity index is -0.0000000360. The molecule has 0 aromatic carbocycles. The summed E-state index contributed by atoms with van der Waals surface area (Å²) in [5.41, 5.74) is 0. The summed E-state index contributed by atoms with van der Waals surface area (Å²) in [7, 11) is 0. The van der Waals surface area contributed by atoms with Crippen molar-refractivity contribution in [2.45, 2.75) is 0 Å². The number of rotatable bonds is 0. The van der Waals surface area contributed by atoms with E-state index >= 15 is 0 Å². The second-order valence-corrected chi connectivity index (χ2v) is 0.0833. The van der Waals surface area contributed by atoms with E-state index < -0.39 is 0 Å². The van der Waals surface area contributed by atoms with E-state index in [0.717, 1.165) is 0 Å². The molecule has 0 rings (SSSR count). The first kappa shape index (κ1) is 15.8. The fraction of sp³-hybridized carbons (Fsp3) is 0. The molecule has 0 saturated heterocycles. The van der Waals surface area contributed by atoms with Gasteiger partial charge in [-0.15, -0.1) is 0 Å². The summed E-state index contributed by atoms with van der Waals surface area (Å²) in [4.78, 5) is 16.2. The quantitative estimate of drug-likeness (QED) is 0.467. The second-order valence-electron chi connectivity index (χ2n) is 0.0833. The average molecular weight is 190 g/mol. The Labute approximate surface area is 55.2 Å². The molecule has 0 aliphatic carbocycles. The fourth-order valence-corrected chi connectivity index (χ4v) is 0. The van der Waals surface area contributed by atoms with Crippen molar-refractivity contribution < 1.29 is 48.7 Å². The molecule has 0 aliphatic heterocycles. The van der Waals surface area contributed by atoms with Crippen LogP contribution >= 0.6 is 0 Å². The van der Waals surface area contributed by atoms with Crippen LogP contribution in [0.4, 0.5) is 0 Å². The number of hydrogen-bond donors (Lipinski definition) is 0. The van der Waals surface area contributed by atoms with Crippen LogP contribution in [0.15, 0.2) is 0 Å². The molecule has 0 spiro atoms. The maximum absolute atomic E-state index is 8.12. The maximum atomic E-state index is 8.12. The van der Waals surface area contributed by atoms with Gasteiger partial charge < -0.3 is 0 Å². The molecule has 0 aliphatic rings. The first-order valence-corrected chi connectivity index (χ1v) is 1.58. The Morgan fingerprint density at radius 2 is 1.14 bits per heavy atom. The Bertz CT molecular complexity index is 47.7. The number of hydrogen-bond acceptors (Lipinski definition) is 4. The Morgan fingerprint density at radius 1 is 1.14 bits per heavy atom. The van der Waals surface area contributed by atoms with E-state index in [9.17, 15) is 0 Å². The van der Waals surface area contributed by atoms with Crippen LogP contribution in [-0.4, -0.2) is 6.15 Å². The Morgan fingerprint density at radius 3 is 1.14 bits per heavy atom. The molecule has 0 heterocycles. The summed E-state index contributed by atoms with van der Waals surface area (Å²) in [5, 5.41) is 0. The molecule has 6 heteroatoms. The third-order valence-corrected chi connectivity index (χ3v) is 0. The normalized spacial score (nSPS) is 2.57. The summed E-state index contributed by atoms with van der Waals surface area (Å²) < 4.78 is 15.9. The van der Waals surface area contributed by atoms with Crippen molar-refractivity contribution in [3.05, 3.63) is 0 Å². The van der Waals surface area contributed by atoms with Crippen molar-refractivity contribution in [2.24, 2.45) is 0 Å². The molecular formula is CMnNiO4. The first-order chi connectivity index (χ1) is 3.41. The van der Waals surface area contributed by atoms with Gasteiger partial charge in [0.05, 0.1) is 0 Å². The standard InChI is InChI=1S/CO2.Mn.Ni.2O/c2-1-3;;;;. The van der Waals surface area contributed by atoms with Gasteiger partial charge in [-0.25, -0.2) is 0 Å². The molecule has 0 aromatic rings. The molecular weight excluding hydrogens is 190 g/mol. The van der Waals surface area contributed by atoms with E-state index in [1.54, 1.807) is 15.9 Å². The van der Waals surface area contributed by atoms with E-state index in [4.69, 9.17) is 17.3 Å². The van der Waals surface area contributed by atoms with Crippen molar-refractivity contribution in [2.75, 3.05) is 0 Å². The van der Waals surface area contributed by atoms with Gasteiger partial charge in [-0.1, -0.05) is 0 Å². The molecule has 0 saturated carbocycles. The van der Waals surface area contributed by atoms with Crippen LogP contribution in [0, 0.1) is 0 Å². The van der Waals surface area contributed by atoms with Gasteiger partial charge in [0.25, 0.3) is 0 Å². The van der Waals surface area contributed by atoms with Crippen LogP contribution in [0.3, 0.4) is 0 Å². The third kappa shape index (κ3) is 1940000. The summed E-state index contributed by atoms with van der Waals surface area (Å²) in [6.07, 6.45) is 0.250. The predicted octanol–water partition coefficient (Wildman–Crippen LogP) is -0.826. The van der Waals surface area contributed by atoms with Crippen LogP contribution in [0.5, 0.6) is 0 Å². The molecule has 0 aromatic heterocycles. The molecule has 0 amide bonds. The molecule has 4 nitrogen and oxygen atoms in total. The summed E-state index contributed by atoms with van der Waals surface area (Å²) in [6.45, 7) is 0. The van der Waals surface area contributed by atoms with Crippen LogP contribution in [0.25, 0.3) is 0 Å². The Kier molecular flexibility index (Phi) is 341. The molecule has 0 radical (unpaired) electrons. The molecule has 7 heavy (non-hydrogen) atoms. The van der Waals surface area contributed by atoms with Gasteiger partial charge in [-0.2, -0.15) is 9.59 Å². The summed E-state index contributed by atoms with van der Waals surface area (Å²) in [6, 6.07) is 0. The van der Waals surface area contributed by atoms with E-state index in [2.05, 4.69) is 15.4 Å². The van der Waals surface area contributed by atoms with Crippen LogP contribution in [0.1, 0.15) is 0 Å². The molecule has 45 valence electrons. The van der Waals surface area contributed by atoms with Gasteiger partial charge in [0.1, 0.15) is 0 Å². The number of carbonyl (C=O) groups excluding carboxylic acids is 2. The first-order valence-electron chi connectivity index (χ1n) is 0.692. The third-order valence-electron chi connectivity index (χ3n) is 0. The molecule has 0 fully saturated rings. The van der Waals surface area contributed by atoms with Crippen LogP contribution < -0.4 is 0 Å². The van der Waals surface area contributed by atoms with Gasteiger partial charge in [0, 0.05) is 0 Å². The van der Waals surface area contributed by atoms with E-state index in [1.807, 2.05) is 0 Å². The van der Waals surface area contributed by atoms with Gasteiger partial charge in [-0.05, 0) is 0 Å². The van der Waals surface area contributed by atoms with E-state index in [-0.39, 0.29) is 6.15 Å². The van der Waals surface area contributed by atoms with Crippen LogP contribution in [-0.2, 0) is 48.7 Å². The van der Waals surface area contributed by atoms with Crippen LogP contribution in [0.2, 0.25) is 0 Å². The van der Waals surface area contributed by atoms with Crippen molar-refractivity contribution in [3.8, 4) is 0 Å². The zero-order valence-corrected chi connectivity index (χ0v) is 5.00. The molecule has 0 N–H and O–H groups in total. The van der Waals surface area contributed by atoms with E-state index in [0.29, 0.717) is 0 Å². The average Bonchev–Trinajstić information content (AvgIpc) is 1.78. The topological polar surface area (TPSA) is 68.3 Å². The summed E-state index contributed by atoms with van der Waals surface area (Å²) >= 11 is 4.31. The van der Waals surface area contributed by atoms with Gasteiger partial charge >= 0.3 is 45.2 Å². The van der Waals surface area contributed by atoms with Crippen molar-refractivity contribution in [1.82, 2.24) is 0 Å².